The van der Waals surface area contributed by atoms with Gasteiger partial charge in [0.2, 0.25) is 0 Å². The Bertz CT molecular complexity index is 371. The highest BCUT2D eigenvalue weighted by Crippen LogP contribution is 2.25. The molecule has 0 radical (unpaired) electrons. The van der Waals surface area contributed by atoms with Gasteiger partial charge in [-0.25, -0.2) is 0 Å². The second kappa shape index (κ2) is 11.1. The molecular weight excluding hydrogens is 318 g/mol. The lowest BCUT2D eigenvalue weighted by atomic mass is 10.2. The van der Waals surface area contributed by atoms with Crippen molar-refractivity contribution in [2.45, 2.75) is 39.7 Å². The Labute approximate surface area is 131 Å². The van der Waals surface area contributed by atoms with E-state index in [2.05, 4.69) is 47.2 Å². The molecule has 0 aliphatic carbocycles. The van der Waals surface area contributed by atoms with E-state index in [1.54, 1.807) is 0 Å². The number of hydrogen-bond acceptors (Lipinski definition) is 3. The third kappa shape index (κ3) is 7.27. The molecule has 20 heavy (non-hydrogen) atoms. The molecule has 1 aromatic rings. The average molecular weight is 344 g/mol. The molecule has 0 fully saturated rings. The van der Waals surface area contributed by atoms with Gasteiger partial charge in [0.15, 0.2) is 0 Å². The second-order valence-corrected chi connectivity index (χ2v) is 5.61. The molecule has 4 heteroatoms. The molecule has 0 amide bonds. The van der Waals surface area contributed by atoms with Crippen LogP contribution in [-0.4, -0.2) is 26.4 Å². The lowest BCUT2D eigenvalue weighted by Crippen LogP contribution is -2.13. The Hall–Kier alpha value is -0.580. The standard InChI is InChI=1S/C16H26BrNO2/c1-3-5-9-19-10-11-20-16-7-6-14(12-15(16)17)13-18-8-4-2/h6-7,12,18H,3-5,8-11,13H2,1-2H3. The Morgan fingerprint density at radius 1 is 1.10 bits per heavy atom. The highest BCUT2D eigenvalue weighted by Gasteiger charge is 2.02. The molecule has 1 rings (SSSR count). The first-order valence-electron chi connectivity index (χ1n) is 7.47. The molecule has 0 heterocycles. The van der Waals surface area contributed by atoms with Gasteiger partial charge in [0.05, 0.1) is 11.1 Å². The fourth-order valence-corrected chi connectivity index (χ4v) is 2.28. The van der Waals surface area contributed by atoms with Crippen molar-refractivity contribution < 1.29 is 9.47 Å². The van der Waals surface area contributed by atoms with Crippen molar-refractivity contribution in [3.8, 4) is 5.75 Å². The maximum absolute atomic E-state index is 5.71. The van der Waals surface area contributed by atoms with Crippen LogP contribution in [0.15, 0.2) is 22.7 Å². The van der Waals surface area contributed by atoms with Gasteiger partial charge < -0.3 is 14.8 Å². The molecule has 3 nitrogen and oxygen atoms in total. The zero-order valence-electron chi connectivity index (χ0n) is 12.6. The predicted octanol–water partition coefficient (Wildman–Crippen LogP) is 4.14. The smallest absolute Gasteiger partial charge is 0.133 e. The van der Waals surface area contributed by atoms with Gasteiger partial charge in [-0.2, -0.15) is 0 Å². The normalized spacial score (nSPS) is 10.8. The van der Waals surface area contributed by atoms with Gasteiger partial charge in [-0.15, -0.1) is 0 Å². The fraction of sp³-hybridized carbons (Fsp3) is 0.625. The third-order valence-corrected chi connectivity index (χ3v) is 3.50. The van der Waals surface area contributed by atoms with Crippen LogP contribution in [0.5, 0.6) is 5.75 Å². The summed E-state index contributed by atoms with van der Waals surface area (Å²) in [6.07, 6.45) is 3.43. The van der Waals surface area contributed by atoms with E-state index in [0.29, 0.717) is 13.2 Å². The highest BCUT2D eigenvalue weighted by atomic mass is 79.9. The van der Waals surface area contributed by atoms with E-state index in [9.17, 15) is 0 Å². The molecular formula is C16H26BrNO2. The van der Waals surface area contributed by atoms with E-state index in [4.69, 9.17) is 9.47 Å². The molecule has 0 atom stereocenters. The zero-order valence-corrected chi connectivity index (χ0v) is 14.2. The summed E-state index contributed by atoms with van der Waals surface area (Å²) in [5.41, 5.74) is 1.26. The van der Waals surface area contributed by atoms with Crippen molar-refractivity contribution in [2.75, 3.05) is 26.4 Å². The molecule has 0 aliphatic rings. The van der Waals surface area contributed by atoms with Gasteiger partial charge >= 0.3 is 0 Å². The molecule has 114 valence electrons. The second-order valence-electron chi connectivity index (χ2n) is 4.76. The van der Waals surface area contributed by atoms with Gasteiger partial charge in [-0.05, 0) is 53.0 Å². The van der Waals surface area contributed by atoms with Crippen molar-refractivity contribution in [1.82, 2.24) is 5.32 Å². The minimum absolute atomic E-state index is 0.593. The monoisotopic (exact) mass is 343 g/mol. The number of benzene rings is 1. The topological polar surface area (TPSA) is 30.5 Å². The summed E-state index contributed by atoms with van der Waals surface area (Å²) in [6, 6.07) is 6.22. The van der Waals surface area contributed by atoms with Crippen LogP contribution < -0.4 is 10.1 Å². The van der Waals surface area contributed by atoms with Crippen LogP contribution in [0.4, 0.5) is 0 Å². The molecule has 0 saturated heterocycles. The Kier molecular flexibility index (Phi) is 9.71. The SMILES string of the molecule is CCCCOCCOc1ccc(CNCCC)cc1Br. The molecule has 0 saturated carbocycles. The summed E-state index contributed by atoms with van der Waals surface area (Å²) in [6.45, 7) is 8.33. The van der Waals surface area contributed by atoms with E-state index in [1.165, 1.54) is 12.0 Å². The van der Waals surface area contributed by atoms with Crippen LogP contribution in [-0.2, 0) is 11.3 Å². The number of unbranched alkanes of at least 4 members (excludes halogenated alkanes) is 1. The van der Waals surface area contributed by atoms with Gasteiger partial charge in [-0.3, -0.25) is 0 Å². The summed E-state index contributed by atoms with van der Waals surface area (Å²) < 4.78 is 12.2. The first kappa shape index (κ1) is 17.5. The molecule has 0 aliphatic heterocycles. The van der Waals surface area contributed by atoms with Crippen LogP contribution in [0.25, 0.3) is 0 Å². The minimum Gasteiger partial charge on any atom is -0.490 e. The quantitative estimate of drug-likeness (QED) is 0.612. The number of rotatable bonds is 11. The first-order chi connectivity index (χ1) is 9.77. The molecule has 0 aromatic heterocycles. The van der Waals surface area contributed by atoms with Crippen molar-refractivity contribution in [3.63, 3.8) is 0 Å². The third-order valence-electron chi connectivity index (χ3n) is 2.88. The largest absolute Gasteiger partial charge is 0.490 e. The van der Waals surface area contributed by atoms with Crippen molar-refractivity contribution >= 4 is 15.9 Å². The van der Waals surface area contributed by atoms with Gasteiger partial charge in [-0.1, -0.05) is 26.3 Å². The van der Waals surface area contributed by atoms with Crippen LogP contribution in [0.1, 0.15) is 38.7 Å². The van der Waals surface area contributed by atoms with Crippen LogP contribution in [0.3, 0.4) is 0 Å². The summed E-state index contributed by atoms with van der Waals surface area (Å²) in [7, 11) is 0. The maximum Gasteiger partial charge on any atom is 0.133 e. The molecule has 0 spiro atoms. The summed E-state index contributed by atoms with van der Waals surface area (Å²) in [5.74, 6) is 0.878. The van der Waals surface area contributed by atoms with Crippen molar-refractivity contribution in [3.05, 3.63) is 28.2 Å². The first-order valence-corrected chi connectivity index (χ1v) is 8.27. The van der Waals surface area contributed by atoms with Gasteiger partial charge in [0, 0.05) is 13.2 Å². The van der Waals surface area contributed by atoms with E-state index in [0.717, 1.165) is 42.8 Å². The van der Waals surface area contributed by atoms with Gasteiger partial charge in [0.25, 0.3) is 0 Å². The number of halogens is 1. The van der Waals surface area contributed by atoms with Crippen LogP contribution in [0.2, 0.25) is 0 Å². The molecule has 1 N–H and O–H groups in total. The average Bonchev–Trinajstić information content (AvgIpc) is 2.45. The van der Waals surface area contributed by atoms with Crippen molar-refractivity contribution in [1.29, 1.82) is 0 Å². The predicted molar refractivity (Wildman–Crippen MR) is 87.4 cm³/mol. The number of hydrogen-bond donors (Lipinski definition) is 1. The summed E-state index contributed by atoms with van der Waals surface area (Å²) in [4.78, 5) is 0. The Balaban J connectivity index is 2.28. The minimum atomic E-state index is 0.593. The maximum atomic E-state index is 5.71. The highest BCUT2D eigenvalue weighted by molar-refractivity contribution is 9.10. The lowest BCUT2D eigenvalue weighted by molar-refractivity contribution is 0.0978. The lowest BCUT2D eigenvalue weighted by Gasteiger charge is -2.10. The van der Waals surface area contributed by atoms with E-state index in [1.807, 2.05) is 6.07 Å². The fourth-order valence-electron chi connectivity index (χ4n) is 1.74. The Morgan fingerprint density at radius 2 is 1.95 bits per heavy atom. The van der Waals surface area contributed by atoms with Crippen LogP contribution in [0, 0.1) is 0 Å². The Morgan fingerprint density at radius 3 is 2.65 bits per heavy atom. The molecule has 0 bridgehead atoms. The van der Waals surface area contributed by atoms with E-state index >= 15 is 0 Å². The number of nitrogens with one attached hydrogen (secondary N) is 1. The van der Waals surface area contributed by atoms with Gasteiger partial charge in [0.1, 0.15) is 12.4 Å². The molecule has 0 unspecified atom stereocenters. The zero-order chi connectivity index (χ0) is 14.6. The van der Waals surface area contributed by atoms with E-state index < -0.39 is 0 Å². The number of ether oxygens (including phenoxy) is 2. The molecule has 1 aromatic carbocycles. The summed E-state index contributed by atoms with van der Waals surface area (Å²) in [5, 5.41) is 3.39. The van der Waals surface area contributed by atoms with Crippen molar-refractivity contribution in [2.24, 2.45) is 0 Å². The summed E-state index contributed by atoms with van der Waals surface area (Å²) >= 11 is 3.56. The van der Waals surface area contributed by atoms with E-state index in [-0.39, 0.29) is 0 Å². The van der Waals surface area contributed by atoms with Crippen LogP contribution >= 0.6 is 15.9 Å².